The average molecular weight is 288 g/mol. The highest BCUT2D eigenvalue weighted by atomic mass is 79.9. The number of carbonyl (C=O) groups excluding carboxylic acids is 1. The van der Waals surface area contributed by atoms with Gasteiger partial charge < -0.3 is 10.0 Å². The highest BCUT2D eigenvalue weighted by molar-refractivity contribution is 9.09. The van der Waals surface area contributed by atoms with Gasteiger partial charge in [0.05, 0.1) is 25.0 Å². The van der Waals surface area contributed by atoms with Crippen LogP contribution in [0.1, 0.15) is 6.42 Å². The van der Waals surface area contributed by atoms with E-state index >= 15 is 0 Å². The minimum Gasteiger partial charge on any atom is -0.394 e. The van der Waals surface area contributed by atoms with Gasteiger partial charge in [0, 0.05) is 24.5 Å². The van der Waals surface area contributed by atoms with Crippen molar-refractivity contribution in [2.45, 2.75) is 13.0 Å². The molecule has 2 heterocycles. The Labute approximate surface area is 102 Å². The highest BCUT2D eigenvalue weighted by Gasteiger charge is 2.30. The molecule has 0 aliphatic carbocycles. The lowest BCUT2D eigenvalue weighted by Crippen LogP contribution is -2.24. The van der Waals surface area contributed by atoms with E-state index in [1.54, 1.807) is 22.0 Å². The van der Waals surface area contributed by atoms with Crippen molar-refractivity contribution in [2.24, 2.45) is 5.92 Å². The van der Waals surface area contributed by atoms with Crippen molar-refractivity contribution < 1.29 is 9.90 Å². The van der Waals surface area contributed by atoms with Crippen LogP contribution in [0, 0.1) is 5.92 Å². The Bertz CT molecular complexity index is 380. The summed E-state index contributed by atoms with van der Waals surface area (Å²) < 4.78 is 1.64. The summed E-state index contributed by atoms with van der Waals surface area (Å²) in [6.45, 7) is 1.26. The lowest BCUT2D eigenvalue weighted by molar-refractivity contribution is -0.117. The first-order chi connectivity index (χ1) is 7.74. The first kappa shape index (κ1) is 11.6. The minimum absolute atomic E-state index is 0.0547. The zero-order valence-corrected chi connectivity index (χ0v) is 10.4. The van der Waals surface area contributed by atoms with Gasteiger partial charge in [-0.1, -0.05) is 15.9 Å². The van der Waals surface area contributed by atoms with E-state index in [1.807, 2.05) is 0 Å². The molecule has 88 valence electrons. The largest absolute Gasteiger partial charge is 0.394 e. The zero-order chi connectivity index (χ0) is 11.5. The first-order valence-corrected chi connectivity index (χ1v) is 6.36. The molecule has 2 rings (SSSR count). The zero-order valence-electron chi connectivity index (χ0n) is 8.84. The van der Waals surface area contributed by atoms with E-state index in [2.05, 4.69) is 21.0 Å². The lowest BCUT2D eigenvalue weighted by atomic mass is 10.2. The van der Waals surface area contributed by atoms with Crippen LogP contribution in [0.25, 0.3) is 0 Å². The van der Waals surface area contributed by atoms with Gasteiger partial charge in [-0.25, -0.2) is 0 Å². The molecule has 1 aromatic rings. The fourth-order valence-corrected chi connectivity index (χ4v) is 2.28. The molecular formula is C10H14BrN3O2. The Morgan fingerprint density at radius 3 is 3.06 bits per heavy atom. The summed E-state index contributed by atoms with van der Waals surface area (Å²) in [6, 6.07) is 0. The summed E-state index contributed by atoms with van der Waals surface area (Å²) in [4.78, 5) is 13.5. The predicted molar refractivity (Wildman–Crippen MR) is 63.6 cm³/mol. The van der Waals surface area contributed by atoms with E-state index in [4.69, 9.17) is 5.11 Å². The van der Waals surface area contributed by atoms with E-state index < -0.39 is 0 Å². The van der Waals surface area contributed by atoms with Gasteiger partial charge in [-0.05, 0) is 5.92 Å². The molecule has 6 heteroatoms. The number of hydrogen-bond acceptors (Lipinski definition) is 3. The molecule has 5 nitrogen and oxygen atoms in total. The molecule has 0 aromatic carbocycles. The number of alkyl halides is 1. The second-order valence-corrected chi connectivity index (χ2v) is 4.56. The standard InChI is InChI=1S/C10H14BrN3O2/c11-4-8-3-10(16)14(6-8)9-5-12-13(7-9)1-2-15/h5,7-8,15H,1-4,6H2. The monoisotopic (exact) mass is 287 g/mol. The minimum atomic E-state index is 0.0547. The van der Waals surface area contributed by atoms with E-state index in [-0.39, 0.29) is 12.5 Å². The Kier molecular flexibility index (Phi) is 3.60. The van der Waals surface area contributed by atoms with Crippen molar-refractivity contribution in [3.05, 3.63) is 12.4 Å². The van der Waals surface area contributed by atoms with Crippen LogP contribution in [0.2, 0.25) is 0 Å². The van der Waals surface area contributed by atoms with Crippen molar-refractivity contribution in [2.75, 3.05) is 23.4 Å². The number of amides is 1. The summed E-state index contributed by atoms with van der Waals surface area (Å²) in [6.07, 6.45) is 4.06. The second-order valence-electron chi connectivity index (χ2n) is 3.91. The first-order valence-electron chi connectivity index (χ1n) is 5.24. The van der Waals surface area contributed by atoms with Crippen LogP contribution >= 0.6 is 15.9 Å². The van der Waals surface area contributed by atoms with Gasteiger partial charge in [0.1, 0.15) is 0 Å². The van der Waals surface area contributed by atoms with Crippen LogP contribution in [-0.2, 0) is 11.3 Å². The fourth-order valence-electron chi connectivity index (χ4n) is 1.85. The molecule has 1 aromatic heterocycles. The summed E-state index contributed by atoms with van der Waals surface area (Å²) in [5.74, 6) is 0.529. The van der Waals surface area contributed by atoms with Crippen molar-refractivity contribution in [3.63, 3.8) is 0 Å². The Hall–Kier alpha value is -0.880. The van der Waals surface area contributed by atoms with Crippen molar-refractivity contribution in [1.29, 1.82) is 0 Å². The van der Waals surface area contributed by atoms with Gasteiger partial charge in [0.15, 0.2) is 0 Å². The number of aliphatic hydroxyl groups excluding tert-OH is 1. The number of aliphatic hydroxyl groups is 1. The van der Waals surface area contributed by atoms with E-state index in [1.165, 1.54) is 0 Å². The molecule has 1 N–H and O–H groups in total. The van der Waals surface area contributed by atoms with Gasteiger partial charge in [-0.15, -0.1) is 0 Å². The maximum Gasteiger partial charge on any atom is 0.227 e. The number of halogens is 1. The molecule has 1 unspecified atom stereocenters. The molecule has 1 amide bonds. The summed E-state index contributed by atoms with van der Waals surface area (Å²) in [7, 11) is 0. The molecule has 1 fully saturated rings. The van der Waals surface area contributed by atoms with Gasteiger partial charge in [-0.3, -0.25) is 9.48 Å². The van der Waals surface area contributed by atoms with E-state index in [0.717, 1.165) is 17.6 Å². The van der Waals surface area contributed by atoms with Gasteiger partial charge >= 0.3 is 0 Å². The van der Waals surface area contributed by atoms with Crippen LogP contribution in [-0.4, -0.2) is 39.3 Å². The van der Waals surface area contributed by atoms with Crippen LogP contribution in [0.15, 0.2) is 12.4 Å². The predicted octanol–water partition coefficient (Wildman–Crippen LogP) is 0.623. The Morgan fingerprint density at radius 2 is 2.44 bits per heavy atom. The number of carbonyl (C=O) groups is 1. The molecular weight excluding hydrogens is 274 g/mol. The molecule has 16 heavy (non-hydrogen) atoms. The van der Waals surface area contributed by atoms with E-state index in [9.17, 15) is 4.79 Å². The second kappa shape index (κ2) is 4.97. The molecule has 0 saturated carbocycles. The highest BCUT2D eigenvalue weighted by Crippen LogP contribution is 2.25. The lowest BCUT2D eigenvalue weighted by Gasteiger charge is -2.13. The molecule has 1 aliphatic rings. The number of rotatable bonds is 4. The summed E-state index contributed by atoms with van der Waals surface area (Å²) in [5.41, 5.74) is 0.821. The molecule has 1 atom stereocenters. The van der Waals surface area contributed by atoms with Crippen LogP contribution < -0.4 is 4.90 Å². The summed E-state index contributed by atoms with van der Waals surface area (Å²) >= 11 is 3.40. The normalized spacial score (nSPS) is 20.8. The number of anilines is 1. The molecule has 0 radical (unpaired) electrons. The quantitative estimate of drug-likeness (QED) is 0.826. The maximum atomic E-state index is 11.7. The Morgan fingerprint density at radius 1 is 1.62 bits per heavy atom. The van der Waals surface area contributed by atoms with Gasteiger partial charge in [-0.2, -0.15) is 5.10 Å². The van der Waals surface area contributed by atoms with Gasteiger partial charge in [0.25, 0.3) is 0 Å². The summed E-state index contributed by atoms with van der Waals surface area (Å²) in [5, 5.41) is 13.7. The van der Waals surface area contributed by atoms with Gasteiger partial charge in [0.2, 0.25) is 5.91 Å². The molecule has 1 aliphatic heterocycles. The number of nitrogens with zero attached hydrogens (tertiary/aromatic N) is 3. The molecule has 0 bridgehead atoms. The maximum absolute atomic E-state index is 11.7. The fraction of sp³-hybridized carbons (Fsp3) is 0.600. The topological polar surface area (TPSA) is 58.4 Å². The SMILES string of the molecule is O=C1CC(CBr)CN1c1cnn(CCO)c1. The number of aromatic nitrogens is 2. The molecule has 1 saturated heterocycles. The van der Waals surface area contributed by atoms with E-state index in [0.29, 0.717) is 18.9 Å². The van der Waals surface area contributed by atoms with Crippen LogP contribution in [0.4, 0.5) is 5.69 Å². The average Bonchev–Trinajstić information content (AvgIpc) is 2.85. The Balaban J connectivity index is 2.09. The third kappa shape index (κ3) is 2.27. The third-order valence-corrected chi connectivity index (χ3v) is 3.60. The van der Waals surface area contributed by atoms with Crippen LogP contribution in [0.3, 0.4) is 0 Å². The number of hydrogen-bond donors (Lipinski definition) is 1. The van der Waals surface area contributed by atoms with Crippen molar-refractivity contribution in [1.82, 2.24) is 9.78 Å². The van der Waals surface area contributed by atoms with Crippen LogP contribution in [0.5, 0.6) is 0 Å². The van der Waals surface area contributed by atoms with Crippen molar-refractivity contribution in [3.8, 4) is 0 Å². The molecule has 0 spiro atoms. The smallest absolute Gasteiger partial charge is 0.227 e. The van der Waals surface area contributed by atoms with Crippen molar-refractivity contribution >= 4 is 27.5 Å². The third-order valence-electron chi connectivity index (χ3n) is 2.68.